The monoisotopic (exact) mass is 224 g/mol. The van der Waals surface area contributed by atoms with Gasteiger partial charge in [0.2, 0.25) is 5.95 Å². The number of aromatic nitrogens is 4. The number of hydrogen-bond donors (Lipinski definition) is 1. The fourth-order valence-corrected chi connectivity index (χ4v) is 2.19. The average Bonchev–Trinajstić information content (AvgIpc) is 2.74. The predicted molar refractivity (Wildman–Crippen MR) is 62.3 cm³/mol. The molecule has 2 heterocycles. The number of likely N-dealkylation sites (N-methyl/N-ethyl adjacent to an activating group) is 1. The van der Waals surface area contributed by atoms with Crippen molar-refractivity contribution in [2.24, 2.45) is 7.05 Å². The van der Waals surface area contributed by atoms with E-state index in [-0.39, 0.29) is 0 Å². The summed E-state index contributed by atoms with van der Waals surface area (Å²) in [5.41, 5.74) is 0. The van der Waals surface area contributed by atoms with Gasteiger partial charge in [0, 0.05) is 26.2 Å². The van der Waals surface area contributed by atoms with Gasteiger partial charge in [0.1, 0.15) is 0 Å². The first-order valence-corrected chi connectivity index (χ1v) is 6.02. The van der Waals surface area contributed by atoms with Crippen molar-refractivity contribution in [2.45, 2.75) is 32.2 Å². The van der Waals surface area contributed by atoms with Crippen LogP contribution in [-0.4, -0.2) is 45.9 Å². The summed E-state index contributed by atoms with van der Waals surface area (Å²) >= 11 is 0. The van der Waals surface area contributed by atoms with Gasteiger partial charge < -0.3 is 10.2 Å². The molecular weight excluding hydrogens is 204 g/mol. The second kappa shape index (κ2) is 5.25. The molecule has 6 heteroatoms. The summed E-state index contributed by atoms with van der Waals surface area (Å²) in [6.07, 6.45) is 3.88. The molecule has 0 amide bonds. The quantitative estimate of drug-likeness (QED) is 0.790. The zero-order chi connectivity index (χ0) is 11.4. The molecule has 1 fully saturated rings. The summed E-state index contributed by atoms with van der Waals surface area (Å²) in [6.45, 7) is 5.20. The molecule has 0 saturated carbocycles. The van der Waals surface area contributed by atoms with Crippen LogP contribution < -0.4 is 10.2 Å². The van der Waals surface area contributed by atoms with Crippen LogP contribution in [0.1, 0.15) is 26.2 Å². The molecule has 0 spiro atoms. The highest BCUT2D eigenvalue weighted by atomic mass is 15.6. The lowest BCUT2D eigenvalue weighted by atomic mass is 10.0. The summed E-state index contributed by atoms with van der Waals surface area (Å²) in [5, 5.41) is 15.2. The molecule has 1 saturated heterocycles. The minimum atomic E-state index is 0.574. The van der Waals surface area contributed by atoms with E-state index < -0.39 is 0 Å². The summed E-state index contributed by atoms with van der Waals surface area (Å²) in [7, 11) is 1.88. The van der Waals surface area contributed by atoms with Gasteiger partial charge in [0.25, 0.3) is 0 Å². The van der Waals surface area contributed by atoms with Crippen LogP contribution in [0.5, 0.6) is 0 Å². The SMILES string of the molecule is CCN(CC1CCCCN1)c1nnnn1C. The van der Waals surface area contributed by atoms with Crippen molar-refractivity contribution in [3.8, 4) is 0 Å². The Labute approximate surface area is 96.0 Å². The fraction of sp³-hybridized carbons (Fsp3) is 0.900. The lowest BCUT2D eigenvalue weighted by Gasteiger charge is -2.29. The number of nitrogens with zero attached hydrogens (tertiary/aromatic N) is 5. The van der Waals surface area contributed by atoms with Crippen molar-refractivity contribution in [1.29, 1.82) is 0 Å². The number of nitrogens with one attached hydrogen (secondary N) is 1. The predicted octanol–water partition coefficient (Wildman–Crippen LogP) is 0.178. The highest BCUT2D eigenvalue weighted by Crippen LogP contribution is 2.12. The smallest absolute Gasteiger partial charge is 0.245 e. The topological polar surface area (TPSA) is 58.9 Å². The Morgan fingerprint density at radius 3 is 2.94 bits per heavy atom. The number of hydrogen-bond acceptors (Lipinski definition) is 5. The molecule has 6 nitrogen and oxygen atoms in total. The van der Waals surface area contributed by atoms with Crippen LogP contribution in [0.25, 0.3) is 0 Å². The van der Waals surface area contributed by atoms with E-state index >= 15 is 0 Å². The largest absolute Gasteiger partial charge is 0.338 e. The van der Waals surface area contributed by atoms with Crippen LogP contribution in [0.3, 0.4) is 0 Å². The molecule has 2 rings (SSSR count). The molecule has 0 aromatic carbocycles. The summed E-state index contributed by atoms with van der Waals surface area (Å²) < 4.78 is 1.73. The second-order valence-electron chi connectivity index (χ2n) is 4.29. The van der Waals surface area contributed by atoms with E-state index in [0.717, 1.165) is 25.6 Å². The second-order valence-corrected chi connectivity index (χ2v) is 4.29. The van der Waals surface area contributed by atoms with Gasteiger partial charge >= 0.3 is 0 Å². The highest BCUT2D eigenvalue weighted by molar-refractivity contribution is 5.27. The Morgan fingerprint density at radius 1 is 1.50 bits per heavy atom. The summed E-state index contributed by atoms with van der Waals surface area (Å²) in [6, 6.07) is 0.574. The number of tetrazole rings is 1. The van der Waals surface area contributed by atoms with Crippen molar-refractivity contribution in [2.75, 3.05) is 24.5 Å². The Hall–Kier alpha value is -1.17. The number of aryl methyl sites for hydroxylation is 1. The van der Waals surface area contributed by atoms with E-state index in [9.17, 15) is 0 Å². The molecule has 0 aliphatic carbocycles. The van der Waals surface area contributed by atoms with Crippen molar-refractivity contribution in [3.05, 3.63) is 0 Å². The molecule has 0 radical (unpaired) electrons. The lowest BCUT2D eigenvalue weighted by molar-refractivity contribution is 0.398. The minimum absolute atomic E-state index is 0.574. The van der Waals surface area contributed by atoms with Crippen LogP contribution in [0, 0.1) is 0 Å². The minimum Gasteiger partial charge on any atom is -0.338 e. The van der Waals surface area contributed by atoms with Gasteiger partial charge in [0.15, 0.2) is 0 Å². The van der Waals surface area contributed by atoms with Gasteiger partial charge in [-0.05, 0) is 36.7 Å². The molecule has 16 heavy (non-hydrogen) atoms. The Bertz CT molecular complexity index is 317. The van der Waals surface area contributed by atoms with Crippen LogP contribution in [0.2, 0.25) is 0 Å². The third-order valence-corrected chi connectivity index (χ3v) is 3.12. The van der Waals surface area contributed by atoms with E-state index in [4.69, 9.17) is 0 Å². The lowest BCUT2D eigenvalue weighted by Crippen LogP contribution is -2.44. The maximum Gasteiger partial charge on any atom is 0.245 e. The molecular formula is C10H20N6. The molecule has 1 atom stereocenters. The van der Waals surface area contributed by atoms with E-state index in [1.54, 1.807) is 4.68 Å². The normalized spacial score (nSPS) is 21.0. The first-order chi connectivity index (χ1) is 7.81. The standard InChI is InChI=1S/C10H20N6/c1-3-16(10-12-13-14-15(10)2)8-9-6-4-5-7-11-9/h9,11H,3-8H2,1-2H3. The molecule has 1 unspecified atom stereocenters. The summed E-state index contributed by atoms with van der Waals surface area (Å²) in [4.78, 5) is 2.23. The molecule has 90 valence electrons. The van der Waals surface area contributed by atoms with Crippen molar-refractivity contribution >= 4 is 5.95 Å². The zero-order valence-electron chi connectivity index (χ0n) is 10.1. The van der Waals surface area contributed by atoms with Gasteiger partial charge in [0.05, 0.1) is 0 Å². The number of rotatable bonds is 4. The molecule has 1 aliphatic rings. The number of anilines is 1. The molecule has 1 aromatic rings. The van der Waals surface area contributed by atoms with Crippen LogP contribution in [-0.2, 0) is 7.05 Å². The fourth-order valence-electron chi connectivity index (χ4n) is 2.19. The Balaban J connectivity index is 1.97. The van der Waals surface area contributed by atoms with Crippen molar-refractivity contribution < 1.29 is 0 Å². The molecule has 1 aromatic heterocycles. The van der Waals surface area contributed by atoms with Crippen LogP contribution in [0.4, 0.5) is 5.95 Å². The van der Waals surface area contributed by atoms with Gasteiger partial charge in [-0.1, -0.05) is 11.5 Å². The molecule has 1 aliphatic heterocycles. The first-order valence-electron chi connectivity index (χ1n) is 6.02. The number of piperidine rings is 1. The third kappa shape index (κ3) is 2.49. The van der Waals surface area contributed by atoms with E-state index in [1.807, 2.05) is 7.05 Å². The van der Waals surface area contributed by atoms with Gasteiger partial charge in [-0.15, -0.1) is 0 Å². The van der Waals surface area contributed by atoms with Crippen LogP contribution in [0.15, 0.2) is 0 Å². The maximum atomic E-state index is 4.05. The van der Waals surface area contributed by atoms with Gasteiger partial charge in [-0.25, -0.2) is 4.68 Å². The van der Waals surface area contributed by atoms with Crippen molar-refractivity contribution in [3.63, 3.8) is 0 Å². The van der Waals surface area contributed by atoms with Crippen molar-refractivity contribution in [1.82, 2.24) is 25.5 Å². The highest BCUT2D eigenvalue weighted by Gasteiger charge is 2.18. The molecule has 1 N–H and O–H groups in total. The van der Waals surface area contributed by atoms with Gasteiger partial charge in [-0.2, -0.15) is 0 Å². The Morgan fingerprint density at radius 2 is 2.38 bits per heavy atom. The zero-order valence-corrected chi connectivity index (χ0v) is 10.1. The van der Waals surface area contributed by atoms with Gasteiger partial charge in [-0.3, -0.25) is 0 Å². The summed E-state index contributed by atoms with van der Waals surface area (Å²) in [5.74, 6) is 0.856. The van der Waals surface area contributed by atoms with E-state index in [1.165, 1.54) is 19.3 Å². The maximum absolute atomic E-state index is 4.05. The van der Waals surface area contributed by atoms with E-state index in [0.29, 0.717) is 6.04 Å². The average molecular weight is 224 g/mol. The Kier molecular flexibility index (Phi) is 3.71. The van der Waals surface area contributed by atoms with Crippen LogP contribution >= 0.6 is 0 Å². The van der Waals surface area contributed by atoms with E-state index in [2.05, 4.69) is 32.7 Å². The molecule has 0 bridgehead atoms. The third-order valence-electron chi connectivity index (χ3n) is 3.12. The first kappa shape index (κ1) is 11.3.